The van der Waals surface area contributed by atoms with Crippen LogP contribution < -0.4 is 5.32 Å². The molecular formula is C22H21ClF3N5O3S. The number of benzene rings is 1. The largest absolute Gasteiger partial charge is 0.435 e. The molecule has 3 rings (SSSR count). The summed E-state index contributed by atoms with van der Waals surface area (Å²) < 4.78 is 65.1. The molecule has 0 aliphatic heterocycles. The Labute approximate surface area is 205 Å². The zero-order valence-corrected chi connectivity index (χ0v) is 20.2. The highest BCUT2D eigenvalue weighted by atomic mass is 35.5. The van der Waals surface area contributed by atoms with Crippen molar-refractivity contribution in [3.63, 3.8) is 0 Å². The second kappa shape index (κ2) is 10.7. The van der Waals surface area contributed by atoms with Crippen molar-refractivity contribution in [2.24, 2.45) is 0 Å². The van der Waals surface area contributed by atoms with E-state index in [0.29, 0.717) is 11.1 Å². The number of carbonyl (C=O) groups is 1. The quantitative estimate of drug-likeness (QED) is 0.476. The van der Waals surface area contributed by atoms with E-state index < -0.39 is 40.4 Å². The number of aromatic nitrogens is 3. The Morgan fingerprint density at radius 2 is 1.86 bits per heavy atom. The number of pyridine rings is 1. The van der Waals surface area contributed by atoms with Gasteiger partial charge in [-0.3, -0.25) is 9.78 Å². The molecule has 0 atom stereocenters. The number of carbonyl (C=O) groups excluding carboxylic acids is 1. The zero-order chi connectivity index (χ0) is 25.8. The van der Waals surface area contributed by atoms with Crippen LogP contribution in [0.25, 0.3) is 11.3 Å². The van der Waals surface area contributed by atoms with Gasteiger partial charge >= 0.3 is 6.18 Å². The standard InChI is InChI=1S/C22H21ClF3N5O3S/c1-14(2)31(35(33,34)18-9-17(23)11-27-12-18)13-21(32)28-10-15-4-3-5-16(8-15)19-6-7-20(30-29-19)22(24,25)26/h3-9,11-12,14H,10,13H2,1-2H3,(H,28,32). The lowest BCUT2D eigenvalue weighted by Crippen LogP contribution is -2.44. The van der Waals surface area contributed by atoms with Crippen LogP contribution in [0.2, 0.25) is 5.02 Å². The minimum absolute atomic E-state index is 0.0610. The Morgan fingerprint density at radius 1 is 1.11 bits per heavy atom. The van der Waals surface area contributed by atoms with Crippen LogP contribution in [0.3, 0.4) is 0 Å². The summed E-state index contributed by atoms with van der Waals surface area (Å²) in [5.74, 6) is -0.544. The second-order valence-corrected chi connectivity index (χ2v) is 10.1. The molecule has 3 aromatic rings. The maximum absolute atomic E-state index is 13.0. The van der Waals surface area contributed by atoms with Crippen LogP contribution in [0.4, 0.5) is 13.2 Å². The summed E-state index contributed by atoms with van der Waals surface area (Å²) in [4.78, 5) is 16.2. The predicted molar refractivity (Wildman–Crippen MR) is 123 cm³/mol. The molecule has 1 amide bonds. The van der Waals surface area contributed by atoms with Crippen molar-refractivity contribution >= 4 is 27.5 Å². The number of rotatable bonds is 8. The molecule has 0 aliphatic rings. The van der Waals surface area contributed by atoms with Gasteiger partial charge < -0.3 is 5.32 Å². The minimum atomic E-state index is -4.59. The van der Waals surface area contributed by atoms with E-state index in [1.54, 1.807) is 38.1 Å². The van der Waals surface area contributed by atoms with Gasteiger partial charge in [0.1, 0.15) is 4.90 Å². The average molecular weight is 528 g/mol. The summed E-state index contributed by atoms with van der Waals surface area (Å²) >= 11 is 5.86. The van der Waals surface area contributed by atoms with E-state index in [1.807, 2.05) is 0 Å². The molecule has 35 heavy (non-hydrogen) atoms. The molecule has 0 unspecified atom stereocenters. The molecule has 0 bridgehead atoms. The van der Waals surface area contributed by atoms with E-state index in [2.05, 4.69) is 20.5 Å². The Balaban J connectivity index is 1.69. The van der Waals surface area contributed by atoms with Crippen molar-refractivity contribution in [3.05, 3.63) is 71.1 Å². The first kappa shape index (κ1) is 26.5. The van der Waals surface area contributed by atoms with Crippen LogP contribution in [0.5, 0.6) is 0 Å². The van der Waals surface area contributed by atoms with Gasteiger partial charge in [0.25, 0.3) is 0 Å². The molecule has 8 nitrogen and oxygen atoms in total. The lowest BCUT2D eigenvalue weighted by molar-refractivity contribution is -0.141. The normalized spacial score (nSPS) is 12.2. The highest BCUT2D eigenvalue weighted by Crippen LogP contribution is 2.28. The van der Waals surface area contributed by atoms with Gasteiger partial charge in [-0.25, -0.2) is 8.42 Å². The SMILES string of the molecule is CC(C)N(CC(=O)NCc1cccc(-c2ccc(C(F)(F)F)nn2)c1)S(=O)(=O)c1cncc(Cl)c1. The van der Waals surface area contributed by atoms with Gasteiger partial charge in [0.15, 0.2) is 5.69 Å². The lowest BCUT2D eigenvalue weighted by Gasteiger charge is -2.25. The van der Waals surface area contributed by atoms with Crippen molar-refractivity contribution in [3.8, 4) is 11.3 Å². The number of alkyl halides is 3. The van der Waals surface area contributed by atoms with Crippen molar-refractivity contribution in [1.29, 1.82) is 0 Å². The summed E-state index contributed by atoms with van der Waals surface area (Å²) in [6, 6.07) is 9.44. The van der Waals surface area contributed by atoms with Gasteiger partial charge in [0.2, 0.25) is 15.9 Å². The molecule has 1 N–H and O–H groups in total. The first-order valence-corrected chi connectivity index (χ1v) is 12.1. The van der Waals surface area contributed by atoms with Crippen LogP contribution in [0.1, 0.15) is 25.1 Å². The predicted octanol–water partition coefficient (Wildman–Crippen LogP) is 3.93. The monoisotopic (exact) mass is 527 g/mol. The number of hydrogen-bond donors (Lipinski definition) is 1. The lowest BCUT2D eigenvalue weighted by atomic mass is 10.1. The Morgan fingerprint density at radius 3 is 2.46 bits per heavy atom. The fraction of sp³-hybridized carbons (Fsp3) is 0.273. The summed E-state index contributed by atoms with van der Waals surface area (Å²) in [6.45, 7) is 2.90. The number of hydrogen-bond acceptors (Lipinski definition) is 6. The number of nitrogens with zero attached hydrogens (tertiary/aromatic N) is 4. The Hall–Kier alpha value is -3.09. The van der Waals surface area contributed by atoms with Gasteiger partial charge in [0, 0.05) is 30.5 Å². The van der Waals surface area contributed by atoms with Gasteiger partial charge in [0.05, 0.1) is 17.3 Å². The first-order valence-electron chi connectivity index (χ1n) is 10.3. The highest BCUT2D eigenvalue weighted by molar-refractivity contribution is 7.89. The molecule has 2 heterocycles. The number of halogens is 4. The smallest absolute Gasteiger partial charge is 0.351 e. The van der Waals surface area contributed by atoms with Crippen LogP contribution in [0.15, 0.2) is 59.8 Å². The van der Waals surface area contributed by atoms with Crippen LogP contribution in [-0.2, 0) is 27.5 Å². The minimum Gasteiger partial charge on any atom is -0.351 e. The third-order valence-electron chi connectivity index (χ3n) is 4.83. The summed E-state index contributed by atoms with van der Waals surface area (Å²) in [6.07, 6.45) is -2.13. The van der Waals surface area contributed by atoms with Crippen LogP contribution in [-0.4, -0.2) is 46.4 Å². The van der Waals surface area contributed by atoms with E-state index in [1.165, 1.54) is 18.3 Å². The van der Waals surface area contributed by atoms with Crippen molar-refractivity contribution in [2.75, 3.05) is 6.54 Å². The Bertz CT molecular complexity index is 1300. The number of amides is 1. The van der Waals surface area contributed by atoms with Crippen LogP contribution in [0, 0.1) is 0 Å². The summed E-state index contributed by atoms with van der Waals surface area (Å²) in [5.41, 5.74) is 0.287. The third kappa shape index (κ3) is 6.74. The maximum Gasteiger partial charge on any atom is 0.435 e. The molecule has 0 spiro atoms. The molecule has 0 aliphatic carbocycles. The molecule has 0 fully saturated rings. The van der Waals surface area contributed by atoms with Gasteiger partial charge in [-0.05, 0) is 43.7 Å². The fourth-order valence-electron chi connectivity index (χ4n) is 3.09. The van der Waals surface area contributed by atoms with Gasteiger partial charge in [-0.1, -0.05) is 29.8 Å². The summed E-state index contributed by atoms with van der Waals surface area (Å²) in [7, 11) is -4.03. The highest BCUT2D eigenvalue weighted by Gasteiger charge is 2.33. The fourth-order valence-corrected chi connectivity index (χ4v) is 4.91. The molecular weight excluding hydrogens is 507 g/mol. The van der Waals surface area contributed by atoms with Crippen LogP contribution >= 0.6 is 11.6 Å². The first-order chi connectivity index (χ1) is 16.4. The molecule has 2 aromatic heterocycles. The average Bonchev–Trinajstić information content (AvgIpc) is 2.80. The molecule has 1 aromatic carbocycles. The van der Waals surface area contributed by atoms with Gasteiger partial charge in [-0.15, -0.1) is 10.2 Å². The number of nitrogens with one attached hydrogen (secondary N) is 1. The topological polar surface area (TPSA) is 105 Å². The third-order valence-corrected chi connectivity index (χ3v) is 7.02. The van der Waals surface area contributed by atoms with Crippen molar-refractivity contribution in [2.45, 2.75) is 37.5 Å². The number of sulfonamides is 1. The van der Waals surface area contributed by atoms with E-state index in [9.17, 15) is 26.4 Å². The molecule has 0 radical (unpaired) electrons. The van der Waals surface area contributed by atoms with E-state index in [4.69, 9.17) is 11.6 Å². The maximum atomic E-state index is 13.0. The van der Waals surface area contributed by atoms with E-state index >= 15 is 0 Å². The van der Waals surface area contributed by atoms with Crippen molar-refractivity contribution < 1.29 is 26.4 Å². The molecule has 186 valence electrons. The zero-order valence-electron chi connectivity index (χ0n) is 18.6. The van der Waals surface area contributed by atoms with Crippen molar-refractivity contribution in [1.82, 2.24) is 24.8 Å². The van der Waals surface area contributed by atoms with E-state index in [0.717, 1.165) is 16.6 Å². The Kier molecular flexibility index (Phi) is 8.08. The summed E-state index contributed by atoms with van der Waals surface area (Å²) in [5, 5.41) is 9.65. The molecule has 0 saturated heterocycles. The van der Waals surface area contributed by atoms with Gasteiger partial charge in [-0.2, -0.15) is 17.5 Å². The van der Waals surface area contributed by atoms with E-state index in [-0.39, 0.29) is 22.2 Å². The molecule has 13 heteroatoms. The second-order valence-electron chi connectivity index (χ2n) is 7.76. The molecule has 0 saturated carbocycles.